The molecular weight excluding hydrogens is 266 g/mol. The molecule has 0 radical (unpaired) electrons. The van der Waals surface area contributed by atoms with E-state index >= 15 is 0 Å². The summed E-state index contributed by atoms with van der Waals surface area (Å²) in [7, 11) is 1.87. The highest BCUT2D eigenvalue weighted by atomic mass is 16.3. The molecular formula is C16H17N3O2. The SMILES string of the molecule is C[C@@H](C(=O)Nc1ccc(C#N)cc1)N(C)Cc1ccco1. The molecule has 0 saturated heterocycles. The number of hydrogen-bond acceptors (Lipinski definition) is 4. The lowest BCUT2D eigenvalue weighted by molar-refractivity contribution is -0.120. The second kappa shape index (κ2) is 6.73. The zero-order valence-electron chi connectivity index (χ0n) is 12.0. The normalized spacial score (nSPS) is 11.9. The molecule has 0 bridgehead atoms. The maximum absolute atomic E-state index is 12.2. The van der Waals surface area contributed by atoms with Crippen LogP contribution in [-0.2, 0) is 11.3 Å². The molecule has 1 amide bonds. The Kier molecular flexibility index (Phi) is 4.75. The molecule has 0 aliphatic rings. The van der Waals surface area contributed by atoms with Crippen molar-refractivity contribution in [2.75, 3.05) is 12.4 Å². The summed E-state index contributed by atoms with van der Waals surface area (Å²) >= 11 is 0. The first-order valence-electron chi connectivity index (χ1n) is 6.64. The van der Waals surface area contributed by atoms with Gasteiger partial charge in [0.2, 0.25) is 5.91 Å². The fraction of sp³-hybridized carbons (Fsp3) is 0.250. The van der Waals surface area contributed by atoms with Crippen LogP contribution in [0.25, 0.3) is 0 Å². The van der Waals surface area contributed by atoms with E-state index in [2.05, 4.69) is 5.32 Å². The summed E-state index contributed by atoms with van der Waals surface area (Å²) in [5, 5.41) is 11.6. The second-order valence-corrected chi connectivity index (χ2v) is 4.85. The number of nitrogens with zero attached hydrogens (tertiary/aromatic N) is 2. The molecule has 1 atom stereocenters. The number of hydrogen-bond donors (Lipinski definition) is 1. The molecule has 1 aromatic carbocycles. The Morgan fingerprint density at radius 3 is 2.67 bits per heavy atom. The molecule has 5 nitrogen and oxygen atoms in total. The molecule has 1 heterocycles. The summed E-state index contributed by atoms with van der Waals surface area (Å²) in [6.45, 7) is 2.40. The van der Waals surface area contributed by atoms with E-state index < -0.39 is 0 Å². The van der Waals surface area contributed by atoms with Gasteiger partial charge in [-0.25, -0.2) is 0 Å². The lowest BCUT2D eigenvalue weighted by Crippen LogP contribution is -2.39. The zero-order valence-corrected chi connectivity index (χ0v) is 12.0. The molecule has 2 aromatic rings. The highest BCUT2D eigenvalue weighted by molar-refractivity contribution is 5.94. The number of nitrogens with one attached hydrogen (secondary N) is 1. The average molecular weight is 283 g/mol. The summed E-state index contributed by atoms with van der Waals surface area (Å²) in [6.07, 6.45) is 1.62. The number of carbonyl (C=O) groups excluding carboxylic acids is 1. The summed E-state index contributed by atoms with van der Waals surface area (Å²) in [6, 6.07) is 12.2. The summed E-state index contributed by atoms with van der Waals surface area (Å²) in [4.78, 5) is 14.1. The Morgan fingerprint density at radius 1 is 1.38 bits per heavy atom. The number of carbonyl (C=O) groups is 1. The van der Waals surface area contributed by atoms with Gasteiger partial charge < -0.3 is 9.73 Å². The molecule has 0 unspecified atom stereocenters. The van der Waals surface area contributed by atoms with Crippen molar-refractivity contribution >= 4 is 11.6 Å². The molecule has 5 heteroatoms. The van der Waals surface area contributed by atoms with E-state index in [1.54, 1.807) is 30.5 Å². The second-order valence-electron chi connectivity index (χ2n) is 4.85. The van der Waals surface area contributed by atoms with Gasteiger partial charge in [-0.2, -0.15) is 5.26 Å². The van der Waals surface area contributed by atoms with Crippen molar-refractivity contribution in [3.8, 4) is 6.07 Å². The minimum Gasteiger partial charge on any atom is -0.468 e. The van der Waals surface area contributed by atoms with Crippen LogP contribution >= 0.6 is 0 Å². The number of likely N-dealkylation sites (N-methyl/N-ethyl adjacent to an activating group) is 1. The maximum Gasteiger partial charge on any atom is 0.241 e. The van der Waals surface area contributed by atoms with Crippen molar-refractivity contribution in [1.82, 2.24) is 4.90 Å². The fourth-order valence-electron chi connectivity index (χ4n) is 1.86. The minimum atomic E-state index is -0.300. The van der Waals surface area contributed by atoms with Crippen LogP contribution in [0.2, 0.25) is 0 Å². The summed E-state index contributed by atoms with van der Waals surface area (Å²) in [5.74, 6) is 0.712. The van der Waals surface area contributed by atoms with Gasteiger partial charge in [-0.05, 0) is 50.4 Å². The first-order valence-corrected chi connectivity index (χ1v) is 6.64. The van der Waals surface area contributed by atoms with E-state index in [4.69, 9.17) is 9.68 Å². The van der Waals surface area contributed by atoms with Crippen molar-refractivity contribution in [3.63, 3.8) is 0 Å². The monoisotopic (exact) mass is 283 g/mol. The lowest BCUT2D eigenvalue weighted by atomic mass is 10.2. The molecule has 2 rings (SSSR count). The van der Waals surface area contributed by atoms with Crippen LogP contribution in [0.15, 0.2) is 47.1 Å². The third-order valence-corrected chi connectivity index (χ3v) is 3.31. The Labute approximate surface area is 123 Å². The fourth-order valence-corrected chi connectivity index (χ4v) is 1.86. The van der Waals surface area contributed by atoms with Gasteiger partial charge in [0.15, 0.2) is 0 Å². The van der Waals surface area contributed by atoms with Crippen molar-refractivity contribution in [2.24, 2.45) is 0 Å². The number of rotatable bonds is 5. The van der Waals surface area contributed by atoms with Crippen molar-refractivity contribution in [3.05, 3.63) is 54.0 Å². The molecule has 21 heavy (non-hydrogen) atoms. The van der Waals surface area contributed by atoms with Gasteiger partial charge in [0, 0.05) is 5.69 Å². The molecule has 1 aromatic heterocycles. The van der Waals surface area contributed by atoms with E-state index in [0.717, 1.165) is 5.76 Å². The van der Waals surface area contributed by atoms with Gasteiger partial charge in [0.05, 0.1) is 30.5 Å². The van der Waals surface area contributed by atoms with Gasteiger partial charge in [0.25, 0.3) is 0 Å². The smallest absolute Gasteiger partial charge is 0.241 e. The largest absolute Gasteiger partial charge is 0.468 e. The van der Waals surface area contributed by atoms with Crippen LogP contribution < -0.4 is 5.32 Å². The van der Waals surface area contributed by atoms with Gasteiger partial charge in [-0.1, -0.05) is 0 Å². The predicted molar refractivity (Wildman–Crippen MR) is 79.4 cm³/mol. The molecule has 0 saturated carbocycles. The van der Waals surface area contributed by atoms with Gasteiger partial charge in [-0.15, -0.1) is 0 Å². The molecule has 1 N–H and O–H groups in total. The Bertz CT molecular complexity index is 627. The lowest BCUT2D eigenvalue weighted by Gasteiger charge is -2.22. The van der Waals surface area contributed by atoms with Crippen molar-refractivity contribution in [2.45, 2.75) is 19.5 Å². The van der Waals surface area contributed by atoms with E-state index in [-0.39, 0.29) is 11.9 Å². The van der Waals surface area contributed by atoms with Crippen molar-refractivity contribution < 1.29 is 9.21 Å². The maximum atomic E-state index is 12.2. The Balaban J connectivity index is 1.93. The standard InChI is InChI=1S/C16H17N3O2/c1-12(19(2)11-15-4-3-9-21-15)16(20)18-14-7-5-13(10-17)6-8-14/h3-9,12H,11H2,1-2H3,(H,18,20)/t12-/m0/s1. The third-order valence-electron chi connectivity index (χ3n) is 3.31. The molecule has 0 spiro atoms. The summed E-state index contributed by atoms with van der Waals surface area (Å²) < 4.78 is 5.27. The quantitative estimate of drug-likeness (QED) is 0.915. The van der Waals surface area contributed by atoms with Crippen LogP contribution in [0.3, 0.4) is 0 Å². The van der Waals surface area contributed by atoms with Crippen LogP contribution in [-0.4, -0.2) is 23.9 Å². The zero-order chi connectivity index (χ0) is 15.2. The third kappa shape index (κ3) is 3.94. The highest BCUT2D eigenvalue weighted by Gasteiger charge is 2.19. The Morgan fingerprint density at radius 2 is 2.10 bits per heavy atom. The first-order chi connectivity index (χ1) is 10.1. The molecule has 0 aliphatic heterocycles. The number of benzene rings is 1. The van der Waals surface area contributed by atoms with Gasteiger partial charge >= 0.3 is 0 Å². The Hall–Kier alpha value is -2.58. The number of amides is 1. The van der Waals surface area contributed by atoms with Crippen LogP contribution in [0, 0.1) is 11.3 Å². The molecule has 0 fully saturated rings. The van der Waals surface area contributed by atoms with Gasteiger partial charge in [0.1, 0.15) is 5.76 Å². The summed E-state index contributed by atoms with van der Waals surface area (Å²) in [5.41, 5.74) is 1.24. The van der Waals surface area contributed by atoms with Crippen LogP contribution in [0.1, 0.15) is 18.2 Å². The van der Waals surface area contributed by atoms with Crippen LogP contribution in [0.4, 0.5) is 5.69 Å². The van der Waals surface area contributed by atoms with E-state index in [0.29, 0.717) is 17.8 Å². The predicted octanol–water partition coefficient (Wildman–Crippen LogP) is 2.61. The van der Waals surface area contributed by atoms with E-state index in [1.807, 2.05) is 37.1 Å². The van der Waals surface area contributed by atoms with Gasteiger partial charge in [-0.3, -0.25) is 9.69 Å². The van der Waals surface area contributed by atoms with E-state index in [1.165, 1.54) is 0 Å². The topological polar surface area (TPSA) is 69.3 Å². The van der Waals surface area contributed by atoms with Crippen molar-refractivity contribution in [1.29, 1.82) is 5.26 Å². The minimum absolute atomic E-state index is 0.103. The molecule has 0 aliphatic carbocycles. The van der Waals surface area contributed by atoms with E-state index in [9.17, 15) is 4.79 Å². The molecule has 108 valence electrons. The number of furan rings is 1. The number of nitriles is 1. The van der Waals surface area contributed by atoms with Crippen LogP contribution in [0.5, 0.6) is 0 Å². The first kappa shape index (κ1) is 14.8. The average Bonchev–Trinajstić information content (AvgIpc) is 3.00. The highest BCUT2D eigenvalue weighted by Crippen LogP contribution is 2.12. The number of anilines is 1.